The van der Waals surface area contributed by atoms with Crippen LogP contribution in [0.3, 0.4) is 0 Å². The molecule has 21 nitrogen and oxygen atoms in total. The molecule has 8 rings (SSSR count). The van der Waals surface area contributed by atoms with Gasteiger partial charge in [0.1, 0.15) is 63.5 Å². The maximum Gasteiger partial charge on any atom is 0.160 e. The summed E-state index contributed by atoms with van der Waals surface area (Å²) < 4.78 is 5.02. The molecule has 516 valence electrons. The van der Waals surface area contributed by atoms with Gasteiger partial charge in [-0.15, -0.1) is 0 Å². The predicted molar refractivity (Wildman–Crippen MR) is 363 cm³/mol. The lowest BCUT2D eigenvalue weighted by molar-refractivity contribution is -0.128. The van der Waals surface area contributed by atoms with Crippen molar-refractivity contribution in [1.29, 1.82) is 0 Å². The number of ketones is 8. The van der Waals surface area contributed by atoms with Crippen LogP contribution in [0.1, 0.15) is 122 Å². The van der Waals surface area contributed by atoms with Gasteiger partial charge in [0, 0.05) is 51.4 Å². The van der Waals surface area contributed by atoms with Gasteiger partial charge in [-0.25, -0.2) is 0 Å². The summed E-state index contributed by atoms with van der Waals surface area (Å²) in [5, 5.41) is 112. The summed E-state index contributed by atoms with van der Waals surface area (Å²) >= 11 is 0. The van der Waals surface area contributed by atoms with Gasteiger partial charge in [0.05, 0.1) is 32.8 Å². The lowest BCUT2D eigenvalue weighted by Gasteiger charge is -2.06. The molecule has 0 aliphatic rings. The molecule has 0 bridgehead atoms. The number of rotatable bonds is 33. The van der Waals surface area contributed by atoms with Crippen molar-refractivity contribution < 1.29 is 104 Å². The van der Waals surface area contributed by atoms with E-state index < -0.39 is 0 Å². The molecule has 0 unspecified atom stereocenters. The SMILES string of the molecule is COc1cc(CCC(=O)CC(=O)CCc2ccc(O)c(O)c2)ccc1O.O=C(CCc1ccc(O)c(O)c1)CC(=O)CCc1ccc(O)c(O)c1.O=C(CCc1ccc(O)cc1)CC(=O)CCc1ccc(O)c(O)c1.O=C(CCc1ccc(O)cc1)CC(=O)CCc1ccc(O)cc1. The monoisotopic (exact) mass is 1340 g/mol. The Hall–Kier alpha value is -11.5. The molecule has 12 N–H and O–H groups in total. The first kappa shape index (κ1) is 77.2. The van der Waals surface area contributed by atoms with Gasteiger partial charge in [-0.2, -0.15) is 0 Å². The summed E-state index contributed by atoms with van der Waals surface area (Å²) in [4.78, 5) is 95.1. The number of phenolic OH excluding ortho intramolecular Hbond substituents is 12. The Morgan fingerprint density at radius 3 is 0.592 bits per heavy atom. The summed E-state index contributed by atoms with van der Waals surface area (Å²) in [5.74, 6) is -1.85. The van der Waals surface area contributed by atoms with Crippen molar-refractivity contribution in [3.8, 4) is 74.7 Å². The minimum atomic E-state index is -0.238. The fourth-order valence-electron chi connectivity index (χ4n) is 9.62. The molecule has 0 fully saturated rings. The van der Waals surface area contributed by atoms with Gasteiger partial charge in [-0.05, 0) is 193 Å². The van der Waals surface area contributed by atoms with Crippen molar-refractivity contribution >= 4 is 46.3 Å². The minimum Gasteiger partial charge on any atom is -0.508 e. The molecule has 0 atom stereocenters. The van der Waals surface area contributed by atoms with Gasteiger partial charge in [0.15, 0.2) is 57.5 Å². The molecule has 0 amide bonds. The van der Waals surface area contributed by atoms with Crippen molar-refractivity contribution in [3.63, 3.8) is 0 Å². The van der Waals surface area contributed by atoms with Gasteiger partial charge < -0.3 is 66.0 Å². The van der Waals surface area contributed by atoms with E-state index in [9.17, 15) is 99.6 Å². The molecule has 0 saturated heterocycles. The standard InChI is InChI=1S/C20H22O6.C19H20O6.C19H20O5.C19H20O4/c1-26-20-11-14(5-9-18(20)24)3-7-16(22)12-15(21)6-2-13-4-8-17(23)19(25)10-13;20-14(5-1-12-3-7-16(22)18(24)9-12)11-15(21)6-2-13-4-8-17(23)19(25)10-13;20-15-6-1-13(2-7-15)3-8-16(21)12-17(22)9-4-14-5-10-18(23)19(24)11-14;20-16-7-1-14(2-8-16)5-11-18(22)13-19(23)12-6-15-3-9-17(21)10-4-15/h4-5,8-11,23-25H,2-3,6-7,12H2,1H3;3-4,7-10,22-25H,1-2,5-6,11H2;1-2,5-7,10-11,20,23-24H,3-4,8-9,12H2;1-4,7-10,20-21H,5-6,11-13H2. The molecule has 8 aromatic rings. The van der Waals surface area contributed by atoms with E-state index in [4.69, 9.17) is 4.74 Å². The highest BCUT2D eigenvalue weighted by Gasteiger charge is 2.16. The van der Waals surface area contributed by atoms with Crippen LogP contribution in [0.4, 0.5) is 0 Å². The number of Topliss-reactive ketones (excluding diaryl/α,β-unsaturated/α-hetero) is 8. The molecule has 8 aromatic carbocycles. The van der Waals surface area contributed by atoms with Gasteiger partial charge in [-0.3, -0.25) is 38.4 Å². The summed E-state index contributed by atoms with van der Waals surface area (Å²) in [6.45, 7) is 0. The average Bonchev–Trinajstić information content (AvgIpc) is 1.01. The van der Waals surface area contributed by atoms with Gasteiger partial charge in [0.2, 0.25) is 0 Å². The predicted octanol–water partition coefficient (Wildman–Crippen LogP) is 11.6. The highest BCUT2D eigenvalue weighted by Crippen LogP contribution is 2.30. The third-order valence-electron chi connectivity index (χ3n) is 15.3. The number of ether oxygens (including phenoxy) is 1. The maximum absolute atomic E-state index is 12.0. The quantitative estimate of drug-likeness (QED) is 0.0134. The molecule has 0 aliphatic carbocycles. The molecule has 0 saturated carbocycles. The van der Waals surface area contributed by atoms with Crippen LogP contribution in [0.15, 0.2) is 164 Å². The smallest absolute Gasteiger partial charge is 0.160 e. The summed E-state index contributed by atoms with van der Waals surface area (Å²) in [6.07, 6.45) is 5.27. The molecular weight excluding hydrogens is 1260 g/mol. The zero-order valence-corrected chi connectivity index (χ0v) is 54.3. The normalized spacial score (nSPS) is 10.5. The zero-order chi connectivity index (χ0) is 71.7. The molecular formula is C77H82O21. The first-order chi connectivity index (χ1) is 46.7. The number of carbonyl (C=O) groups is 8. The number of phenols is 12. The number of aryl methyl sites for hydroxylation is 8. The van der Waals surface area contributed by atoms with Crippen LogP contribution in [0.2, 0.25) is 0 Å². The topological polar surface area (TPSA) is 389 Å². The van der Waals surface area contributed by atoms with Crippen LogP contribution in [-0.4, -0.2) is 115 Å². The van der Waals surface area contributed by atoms with E-state index in [2.05, 4.69) is 0 Å². The third-order valence-corrected chi connectivity index (χ3v) is 15.3. The second-order valence-electron chi connectivity index (χ2n) is 23.3. The molecule has 0 spiro atoms. The number of carbonyl (C=O) groups excluding carboxylic acids is 8. The van der Waals surface area contributed by atoms with Gasteiger partial charge in [0.25, 0.3) is 0 Å². The Morgan fingerprint density at radius 2 is 0.398 bits per heavy atom. The van der Waals surface area contributed by atoms with Crippen LogP contribution in [0.5, 0.6) is 74.7 Å². The summed E-state index contributed by atoms with van der Waals surface area (Å²) in [6, 6.07) is 42.5. The van der Waals surface area contributed by atoms with Crippen LogP contribution in [-0.2, 0) is 89.7 Å². The van der Waals surface area contributed by atoms with E-state index in [0.29, 0.717) is 81.1 Å². The molecule has 0 aliphatic heterocycles. The largest absolute Gasteiger partial charge is 0.508 e. The Bertz CT molecular complexity index is 3860. The Morgan fingerprint density at radius 1 is 0.224 bits per heavy atom. The highest BCUT2D eigenvalue weighted by atomic mass is 16.5. The van der Waals surface area contributed by atoms with Crippen LogP contribution in [0, 0.1) is 0 Å². The molecule has 98 heavy (non-hydrogen) atoms. The van der Waals surface area contributed by atoms with Gasteiger partial charge in [-0.1, -0.05) is 66.7 Å². The number of benzene rings is 8. The number of hydrogen-bond acceptors (Lipinski definition) is 21. The van der Waals surface area contributed by atoms with E-state index in [1.54, 1.807) is 109 Å². The molecule has 0 heterocycles. The number of hydrogen-bond donors (Lipinski definition) is 12. The van der Waals surface area contributed by atoms with Crippen molar-refractivity contribution in [1.82, 2.24) is 0 Å². The molecule has 21 heteroatoms. The Kier molecular flexibility index (Phi) is 31.6. The lowest BCUT2D eigenvalue weighted by atomic mass is 10.0. The number of methoxy groups -OCH3 is 1. The van der Waals surface area contributed by atoms with Crippen molar-refractivity contribution in [3.05, 3.63) is 208 Å². The Labute approximate surface area is 566 Å². The second kappa shape index (κ2) is 40.0. The lowest BCUT2D eigenvalue weighted by Crippen LogP contribution is -2.09. The fraction of sp³-hybridized carbons (Fsp3) is 0.273. The van der Waals surface area contributed by atoms with Crippen LogP contribution in [0.25, 0.3) is 0 Å². The summed E-state index contributed by atoms with van der Waals surface area (Å²) in [5.41, 5.74) is 6.58. The van der Waals surface area contributed by atoms with E-state index in [-0.39, 0.29) is 179 Å². The third kappa shape index (κ3) is 29.4. The van der Waals surface area contributed by atoms with Crippen molar-refractivity contribution in [2.75, 3.05) is 7.11 Å². The first-order valence-electron chi connectivity index (χ1n) is 31.6. The first-order valence-corrected chi connectivity index (χ1v) is 31.6. The minimum absolute atomic E-state index is 0.0316. The molecule has 0 radical (unpaired) electrons. The van der Waals surface area contributed by atoms with E-state index in [1.165, 1.54) is 61.7 Å². The zero-order valence-electron chi connectivity index (χ0n) is 54.3. The van der Waals surface area contributed by atoms with Gasteiger partial charge >= 0.3 is 0 Å². The van der Waals surface area contributed by atoms with E-state index in [1.807, 2.05) is 0 Å². The summed E-state index contributed by atoms with van der Waals surface area (Å²) in [7, 11) is 1.45. The van der Waals surface area contributed by atoms with Crippen molar-refractivity contribution in [2.45, 2.75) is 128 Å². The van der Waals surface area contributed by atoms with Crippen LogP contribution < -0.4 is 4.74 Å². The molecule has 0 aromatic heterocycles. The average molecular weight is 1340 g/mol. The van der Waals surface area contributed by atoms with E-state index >= 15 is 0 Å². The number of aromatic hydroxyl groups is 12. The Balaban J connectivity index is 0.000000236. The second-order valence-corrected chi connectivity index (χ2v) is 23.3. The van der Waals surface area contributed by atoms with Crippen LogP contribution >= 0.6 is 0 Å². The highest BCUT2D eigenvalue weighted by molar-refractivity contribution is 6.01. The van der Waals surface area contributed by atoms with Crippen molar-refractivity contribution in [2.24, 2.45) is 0 Å². The van der Waals surface area contributed by atoms with E-state index in [0.717, 1.165) is 33.4 Å². The maximum atomic E-state index is 12.0. The fourth-order valence-corrected chi connectivity index (χ4v) is 9.62.